The maximum Gasteiger partial charge on any atom is 0.0412 e. The first kappa shape index (κ1) is 14.4. The molecule has 0 bridgehead atoms. The fraction of sp³-hybridized carbons (Fsp3) is 0.647. The van der Waals surface area contributed by atoms with E-state index in [1.54, 1.807) is 0 Å². The van der Waals surface area contributed by atoms with Gasteiger partial charge in [-0.25, -0.2) is 0 Å². The van der Waals surface area contributed by atoms with Crippen LogP contribution >= 0.6 is 0 Å². The van der Waals surface area contributed by atoms with Crippen LogP contribution in [-0.2, 0) is 6.54 Å². The van der Waals surface area contributed by atoms with Gasteiger partial charge >= 0.3 is 0 Å². The van der Waals surface area contributed by atoms with E-state index >= 15 is 0 Å². The molecule has 0 aliphatic carbocycles. The van der Waals surface area contributed by atoms with Crippen molar-refractivity contribution in [3.63, 3.8) is 0 Å². The summed E-state index contributed by atoms with van der Waals surface area (Å²) in [5.74, 6) is 0. The van der Waals surface area contributed by atoms with Crippen molar-refractivity contribution in [3.05, 3.63) is 29.3 Å². The number of nitrogens with zero attached hydrogens (tertiary/aromatic N) is 1. The van der Waals surface area contributed by atoms with E-state index in [0.717, 1.165) is 13.1 Å². The highest BCUT2D eigenvalue weighted by Crippen LogP contribution is 2.33. The molecule has 19 heavy (non-hydrogen) atoms. The van der Waals surface area contributed by atoms with Gasteiger partial charge in [-0.2, -0.15) is 0 Å². The zero-order valence-corrected chi connectivity index (χ0v) is 12.9. The summed E-state index contributed by atoms with van der Waals surface area (Å²) in [6, 6.07) is 6.88. The van der Waals surface area contributed by atoms with Gasteiger partial charge in [0.25, 0.3) is 0 Å². The van der Waals surface area contributed by atoms with Crippen molar-refractivity contribution in [1.29, 1.82) is 0 Å². The fourth-order valence-electron chi connectivity index (χ4n) is 3.05. The van der Waals surface area contributed by atoms with Crippen LogP contribution in [0.3, 0.4) is 0 Å². The van der Waals surface area contributed by atoms with Crippen LogP contribution in [-0.4, -0.2) is 19.6 Å². The van der Waals surface area contributed by atoms with Gasteiger partial charge < -0.3 is 10.2 Å². The van der Waals surface area contributed by atoms with Crippen molar-refractivity contribution >= 4 is 5.69 Å². The lowest BCUT2D eigenvalue weighted by Gasteiger charge is -2.40. The van der Waals surface area contributed by atoms with Crippen molar-refractivity contribution in [1.82, 2.24) is 5.32 Å². The minimum atomic E-state index is 0.443. The summed E-state index contributed by atoms with van der Waals surface area (Å²) in [5, 5.41) is 3.47. The lowest BCUT2D eigenvalue weighted by molar-refractivity contribution is 0.293. The SMILES string of the molecule is CCNCc1cc(C)ccc1N1CCCC(C)(C)C1. The van der Waals surface area contributed by atoms with Gasteiger partial charge in [0.2, 0.25) is 0 Å². The van der Waals surface area contributed by atoms with Crippen molar-refractivity contribution in [2.45, 2.75) is 47.1 Å². The maximum atomic E-state index is 3.47. The molecule has 1 heterocycles. The molecule has 2 rings (SSSR count). The second-order valence-electron chi connectivity index (χ2n) is 6.60. The molecule has 0 atom stereocenters. The monoisotopic (exact) mass is 260 g/mol. The first-order chi connectivity index (χ1) is 9.02. The van der Waals surface area contributed by atoms with Gasteiger partial charge in [0.1, 0.15) is 0 Å². The number of hydrogen-bond acceptors (Lipinski definition) is 2. The molecule has 106 valence electrons. The zero-order valence-electron chi connectivity index (χ0n) is 12.9. The quantitative estimate of drug-likeness (QED) is 0.887. The van der Waals surface area contributed by atoms with Crippen LogP contribution < -0.4 is 10.2 Å². The van der Waals surface area contributed by atoms with Crippen molar-refractivity contribution < 1.29 is 0 Å². The standard InChI is InChI=1S/C17H28N2/c1-5-18-12-15-11-14(2)7-8-16(15)19-10-6-9-17(3,4)13-19/h7-8,11,18H,5-6,9-10,12-13H2,1-4H3. The van der Waals surface area contributed by atoms with E-state index in [2.05, 4.69) is 56.1 Å². The van der Waals surface area contributed by atoms with Crippen LogP contribution in [0.15, 0.2) is 18.2 Å². The molecule has 1 aromatic rings. The highest BCUT2D eigenvalue weighted by molar-refractivity contribution is 5.55. The summed E-state index contributed by atoms with van der Waals surface area (Å²) in [5.41, 5.74) is 4.67. The third kappa shape index (κ3) is 3.73. The molecule has 0 aromatic heterocycles. The maximum absolute atomic E-state index is 3.47. The van der Waals surface area contributed by atoms with Gasteiger partial charge in [0.05, 0.1) is 0 Å². The molecule has 1 fully saturated rings. The normalized spacial score (nSPS) is 18.6. The molecule has 1 aliphatic rings. The molecule has 0 saturated carbocycles. The van der Waals surface area contributed by atoms with Crippen LogP contribution in [0.2, 0.25) is 0 Å². The summed E-state index contributed by atoms with van der Waals surface area (Å²) in [6.07, 6.45) is 2.65. The molecule has 1 N–H and O–H groups in total. The summed E-state index contributed by atoms with van der Waals surface area (Å²) in [7, 11) is 0. The van der Waals surface area contributed by atoms with E-state index in [-0.39, 0.29) is 0 Å². The molecule has 2 nitrogen and oxygen atoms in total. The van der Waals surface area contributed by atoms with Crippen molar-refractivity contribution in [2.24, 2.45) is 5.41 Å². The predicted molar refractivity (Wildman–Crippen MR) is 83.8 cm³/mol. The van der Waals surface area contributed by atoms with E-state index in [4.69, 9.17) is 0 Å². The van der Waals surface area contributed by atoms with Crippen molar-refractivity contribution in [2.75, 3.05) is 24.5 Å². The minimum Gasteiger partial charge on any atom is -0.371 e. The van der Waals surface area contributed by atoms with Crippen molar-refractivity contribution in [3.8, 4) is 0 Å². The molecule has 1 saturated heterocycles. The zero-order chi connectivity index (χ0) is 13.9. The van der Waals surface area contributed by atoms with Crippen LogP contribution in [0.5, 0.6) is 0 Å². The summed E-state index contributed by atoms with van der Waals surface area (Å²) < 4.78 is 0. The topological polar surface area (TPSA) is 15.3 Å². The van der Waals surface area contributed by atoms with Gasteiger partial charge in [0.15, 0.2) is 0 Å². The van der Waals surface area contributed by atoms with Crippen LogP contribution in [0.25, 0.3) is 0 Å². The molecule has 0 spiro atoms. The first-order valence-corrected chi connectivity index (χ1v) is 7.57. The lowest BCUT2D eigenvalue weighted by atomic mass is 9.84. The van der Waals surface area contributed by atoms with Crippen LogP contribution in [0.1, 0.15) is 44.7 Å². The average Bonchev–Trinajstić information content (AvgIpc) is 2.35. The van der Waals surface area contributed by atoms with Crippen LogP contribution in [0.4, 0.5) is 5.69 Å². The second kappa shape index (κ2) is 5.96. The predicted octanol–water partition coefficient (Wildman–Crippen LogP) is 3.73. The lowest BCUT2D eigenvalue weighted by Crippen LogP contribution is -2.40. The summed E-state index contributed by atoms with van der Waals surface area (Å²) >= 11 is 0. The third-order valence-corrected chi connectivity index (χ3v) is 4.04. The Kier molecular flexibility index (Phi) is 4.51. The molecule has 0 radical (unpaired) electrons. The number of aryl methyl sites for hydroxylation is 1. The molecular weight excluding hydrogens is 232 g/mol. The Bertz CT molecular complexity index is 423. The van der Waals surface area contributed by atoms with Gasteiger partial charge in [0, 0.05) is 25.3 Å². The van der Waals surface area contributed by atoms with Gasteiger partial charge in [-0.15, -0.1) is 0 Å². The van der Waals surface area contributed by atoms with Crippen LogP contribution in [0, 0.1) is 12.3 Å². The van der Waals surface area contributed by atoms with Gasteiger partial charge in [-0.1, -0.05) is 38.5 Å². The molecule has 1 aromatic carbocycles. The van der Waals surface area contributed by atoms with E-state index in [0.29, 0.717) is 5.41 Å². The Morgan fingerprint density at radius 1 is 1.32 bits per heavy atom. The number of hydrogen-bond donors (Lipinski definition) is 1. The molecule has 0 amide bonds. The molecule has 1 aliphatic heterocycles. The number of benzene rings is 1. The molecular formula is C17H28N2. The number of nitrogens with one attached hydrogen (secondary N) is 1. The second-order valence-corrected chi connectivity index (χ2v) is 6.60. The van der Waals surface area contributed by atoms with E-state index < -0.39 is 0 Å². The molecule has 2 heteroatoms. The Morgan fingerprint density at radius 2 is 2.11 bits per heavy atom. The Balaban J connectivity index is 2.22. The minimum absolute atomic E-state index is 0.443. The highest BCUT2D eigenvalue weighted by Gasteiger charge is 2.27. The fourth-order valence-corrected chi connectivity index (χ4v) is 3.05. The largest absolute Gasteiger partial charge is 0.371 e. The summed E-state index contributed by atoms with van der Waals surface area (Å²) in [6.45, 7) is 13.5. The average molecular weight is 260 g/mol. The Morgan fingerprint density at radius 3 is 2.79 bits per heavy atom. The van der Waals surface area contributed by atoms with E-state index in [1.807, 2.05) is 0 Å². The molecule has 0 unspecified atom stereocenters. The van der Waals surface area contributed by atoms with E-state index in [1.165, 1.54) is 42.7 Å². The highest BCUT2D eigenvalue weighted by atomic mass is 15.1. The van der Waals surface area contributed by atoms with E-state index in [9.17, 15) is 0 Å². The Hall–Kier alpha value is -1.02. The smallest absolute Gasteiger partial charge is 0.0412 e. The number of rotatable bonds is 4. The van der Waals surface area contributed by atoms with Gasteiger partial charge in [-0.05, 0) is 43.4 Å². The first-order valence-electron chi connectivity index (χ1n) is 7.57. The summed E-state index contributed by atoms with van der Waals surface area (Å²) in [4.78, 5) is 2.58. The number of anilines is 1. The third-order valence-electron chi connectivity index (χ3n) is 4.04. The Labute approximate surface area is 118 Å². The number of piperidine rings is 1. The van der Waals surface area contributed by atoms with Gasteiger partial charge in [-0.3, -0.25) is 0 Å².